The van der Waals surface area contributed by atoms with E-state index in [1.165, 1.54) is 0 Å². The van der Waals surface area contributed by atoms with Crippen molar-refractivity contribution in [1.29, 1.82) is 0 Å². The van der Waals surface area contributed by atoms with Crippen LogP contribution in [0.25, 0.3) is 0 Å². The molecule has 1 fully saturated rings. The molecule has 0 aromatic rings. The molecule has 1 heterocycles. The number of imide groups is 1. The standard InChI is InChI=1S/C10H13NO7/c1-5(13)17-7-8(18-6(2)14)10(16)11(3-4-12)9(7)15/h7-8,12H,3-4H2,1-2H3/t7-,8-/m1/s1. The topological polar surface area (TPSA) is 110 Å². The van der Waals surface area contributed by atoms with E-state index in [1.807, 2.05) is 0 Å². The zero-order valence-electron chi connectivity index (χ0n) is 9.91. The Kier molecular flexibility index (Phi) is 4.38. The minimum absolute atomic E-state index is 0.243. The Bertz CT molecular complexity index is 358. The van der Waals surface area contributed by atoms with Gasteiger partial charge in [-0.1, -0.05) is 0 Å². The molecule has 1 aliphatic rings. The van der Waals surface area contributed by atoms with Crippen LogP contribution in [0.1, 0.15) is 13.8 Å². The highest BCUT2D eigenvalue weighted by atomic mass is 16.6. The van der Waals surface area contributed by atoms with Crippen LogP contribution in [0.15, 0.2) is 0 Å². The molecule has 0 saturated carbocycles. The van der Waals surface area contributed by atoms with Gasteiger partial charge in [0.25, 0.3) is 11.8 Å². The molecule has 8 heteroatoms. The quantitative estimate of drug-likeness (QED) is 0.469. The fraction of sp³-hybridized carbons (Fsp3) is 0.600. The molecule has 1 N–H and O–H groups in total. The maximum Gasteiger partial charge on any atom is 0.303 e. The summed E-state index contributed by atoms with van der Waals surface area (Å²) in [6, 6.07) is 0. The first-order valence-corrected chi connectivity index (χ1v) is 5.19. The second kappa shape index (κ2) is 5.58. The maximum atomic E-state index is 11.8. The van der Waals surface area contributed by atoms with Crippen LogP contribution >= 0.6 is 0 Å². The lowest BCUT2D eigenvalue weighted by Gasteiger charge is -2.14. The van der Waals surface area contributed by atoms with Gasteiger partial charge in [-0.25, -0.2) is 0 Å². The molecule has 18 heavy (non-hydrogen) atoms. The van der Waals surface area contributed by atoms with Crippen LogP contribution in [0, 0.1) is 0 Å². The SMILES string of the molecule is CC(=O)O[C@H]1C(=O)N(CCO)C(=O)[C@@H]1OC(C)=O. The van der Waals surface area contributed by atoms with Gasteiger partial charge in [-0.2, -0.15) is 0 Å². The maximum absolute atomic E-state index is 11.8. The third kappa shape index (κ3) is 2.83. The van der Waals surface area contributed by atoms with E-state index in [-0.39, 0.29) is 6.54 Å². The summed E-state index contributed by atoms with van der Waals surface area (Å²) in [6.45, 7) is 1.46. The van der Waals surface area contributed by atoms with Gasteiger partial charge >= 0.3 is 11.9 Å². The first-order chi connectivity index (χ1) is 8.38. The average Bonchev–Trinajstić information content (AvgIpc) is 2.45. The number of β-amino-alcohol motifs (C(OH)–C–C–N with tert-alkyl or cyclic N) is 1. The van der Waals surface area contributed by atoms with E-state index in [2.05, 4.69) is 9.47 Å². The molecule has 2 amide bonds. The van der Waals surface area contributed by atoms with E-state index in [4.69, 9.17) is 5.11 Å². The van der Waals surface area contributed by atoms with Crippen LogP contribution in [0.5, 0.6) is 0 Å². The minimum Gasteiger partial charge on any atom is -0.448 e. The zero-order chi connectivity index (χ0) is 13.9. The molecular weight excluding hydrogens is 246 g/mol. The van der Waals surface area contributed by atoms with E-state index in [1.54, 1.807) is 0 Å². The number of esters is 2. The van der Waals surface area contributed by atoms with Gasteiger partial charge in [-0.15, -0.1) is 0 Å². The number of nitrogens with zero attached hydrogens (tertiary/aromatic N) is 1. The molecule has 0 unspecified atom stereocenters. The van der Waals surface area contributed by atoms with Crippen molar-refractivity contribution in [3.8, 4) is 0 Å². The molecule has 2 atom stereocenters. The highest BCUT2D eigenvalue weighted by molar-refractivity contribution is 6.09. The number of rotatable bonds is 4. The number of carbonyl (C=O) groups excluding carboxylic acids is 4. The van der Waals surface area contributed by atoms with E-state index in [0.29, 0.717) is 4.90 Å². The van der Waals surface area contributed by atoms with Crippen molar-refractivity contribution < 1.29 is 33.8 Å². The van der Waals surface area contributed by atoms with Crippen LogP contribution in [0.2, 0.25) is 0 Å². The van der Waals surface area contributed by atoms with Crippen molar-refractivity contribution in [2.24, 2.45) is 0 Å². The van der Waals surface area contributed by atoms with Crippen LogP contribution in [-0.2, 0) is 28.7 Å². The normalized spacial score (nSPS) is 23.2. The Hall–Kier alpha value is -1.96. The van der Waals surface area contributed by atoms with Crippen molar-refractivity contribution in [1.82, 2.24) is 4.90 Å². The fourth-order valence-corrected chi connectivity index (χ4v) is 1.58. The first kappa shape index (κ1) is 14.1. The lowest BCUT2D eigenvalue weighted by Crippen LogP contribution is -2.36. The molecule has 1 saturated heterocycles. The highest BCUT2D eigenvalue weighted by Gasteiger charge is 2.51. The van der Waals surface area contributed by atoms with E-state index >= 15 is 0 Å². The number of amides is 2. The van der Waals surface area contributed by atoms with Crippen molar-refractivity contribution in [2.45, 2.75) is 26.1 Å². The Morgan fingerprint density at radius 1 is 1.11 bits per heavy atom. The summed E-state index contributed by atoms with van der Waals surface area (Å²) in [7, 11) is 0. The minimum atomic E-state index is -1.48. The molecule has 0 aliphatic carbocycles. The molecular formula is C10H13NO7. The highest BCUT2D eigenvalue weighted by Crippen LogP contribution is 2.20. The molecule has 1 rings (SSSR count). The fourth-order valence-electron chi connectivity index (χ4n) is 1.58. The summed E-state index contributed by atoms with van der Waals surface area (Å²) in [5.74, 6) is -3.17. The molecule has 0 spiro atoms. The second-order valence-electron chi connectivity index (χ2n) is 3.61. The predicted molar refractivity (Wildman–Crippen MR) is 54.9 cm³/mol. The van der Waals surface area contributed by atoms with Crippen LogP contribution < -0.4 is 0 Å². The number of ether oxygens (including phenoxy) is 2. The van der Waals surface area contributed by atoms with Crippen LogP contribution in [-0.4, -0.2) is 59.1 Å². The summed E-state index contributed by atoms with van der Waals surface area (Å²) in [4.78, 5) is 45.9. The number of likely N-dealkylation sites (tertiary alicyclic amines) is 1. The van der Waals surface area contributed by atoms with Crippen molar-refractivity contribution >= 4 is 23.8 Å². The smallest absolute Gasteiger partial charge is 0.303 e. The summed E-state index contributed by atoms with van der Waals surface area (Å²) < 4.78 is 9.35. The third-order valence-electron chi connectivity index (χ3n) is 2.20. The van der Waals surface area contributed by atoms with Gasteiger partial charge in [0.15, 0.2) is 0 Å². The van der Waals surface area contributed by atoms with Crippen LogP contribution in [0.3, 0.4) is 0 Å². The van der Waals surface area contributed by atoms with E-state index in [9.17, 15) is 19.2 Å². The van der Waals surface area contributed by atoms with Gasteiger partial charge in [-0.3, -0.25) is 24.1 Å². The van der Waals surface area contributed by atoms with Crippen molar-refractivity contribution in [2.75, 3.05) is 13.2 Å². The predicted octanol–water partition coefficient (Wildman–Crippen LogP) is -1.79. The summed E-state index contributed by atoms with van der Waals surface area (Å²) in [5.41, 5.74) is 0. The van der Waals surface area contributed by atoms with Gasteiger partial charge in [-0.05, 0) is 0 Å². The van der Waals surface area contributed by atoms with Gasteiger partial charge in [0, 0.05) is 13.8 Å². The number of carbonyl (C=O) groups is 4. The van der Waals surface area contributed by atoms with Crippen molar-refractivity contribution in [3.05, 3.63) is 0 Å². The summed E-state index contributed by atoms with van der Waals surface area (Å²) in [5, 5.41) is 8.74. The monoisotopic (exact) mass is 259 g/mol. The lowest BCUT2D eigenvalue weighted by molar-refractivity contribution is -0.167. The van der Waals surface area contributed by atoms with Gasteiger partial charge < -0.3 is 14.6 Å². The third-order valence-corrected chi connectivity index (χ3v) is 2.20. The Balaban J connectivity index is 2.95. The molecule has 0 radical (unpaired) electrons. The average molecular weight is 259 g/mol. The van der Waals surface area contributed by atoms with E-state index < -0.39 is 42.6 Å². The summed E-state index contributed by atoms with van der Waals surface area (Å²) in [6.07, 6.45) is -2.96. The molecule has 0 bridgehead atoms. The Morgan fingerprint density at radius 2 is 1.50 bits per heavy atom. The Labute approximate surface area is 102 Å². The molecule has 0 aromatic heterocycles. The van der Waals surface area contributed by atoms with E-state index in [0.717, 1.165) is 13.8 Å². The zero-order valence-corrected chi connectivity index (χ0v) is 9.91. The molecule has 100 valence electrons. The first-order valence-electron chi connectivity index (χ1n) is 5.19. The lowest BCUT2D eigenvalue weighted by atomic mass is 10.2. The second-order valence-corrected chi connectivity index (χ2v) is 3.61. The number of hydrogen-bond acceptors (Lipinski definition) is 7. The number of hydrogen-bond donors (Lipinski definition) is 1. The van der Waals surface area contributed by atoms with Gasteiger partial charge in [0.2, 0.25) is 12.2 Å². The number of aliphatic hydroxyl groups is 1. The van der Waals surface area contributed by atoms with Gasteiger partial charge in [0.1, 0.15) is 0 Å². The largest absolute Gasteiger partial charge is 0.448 e. The molecule has 1 aliphatic heterocycles. The molecule has 0 aromatic carbocycles. The van der Waals surface area contributed by atoms with Crippen LogP contribution in [0.4, 0.5) is 0 Å². The summed E-state index contributed by atoms with van der Waals surface area (Å²) >= 11 is 0. The van der Waals surface area contributed by atoms with Gasteiger partial charge in [0.05, 0.1) is 13.2 Å². The van der Waals surface area contributed by atoms with Crippen molar-refractivity contribution in [3.63, 3.8) is 0 Å². The molecule has 8 nitrogen and oxygen atoms in total. The Morgan fingerprint density at radius 3 is 1.78 bits per heavy atom. The number of aliphatic hydroxyl groups excluding tert-OH is 1.